The Hall–Kier alpha value is -1.28. The van der Waals surface area contributed by atoms with Gasteiger partial charge in [0, 0.05) is 11.8 Å². The Kier molecular flexibility index (Phi) is 5.46. The molecule has 0 aliphatic heterocycles. The summed E-state index contributed by atoms with van der Waals surface area (Å²) in [5, 5.41) is 0. The fourth-order valence-electron chi connectivity index (χ4n) is 3.01. The van der Waals surface area contributed by atoms with Crippen molar-refractivity contribution in [1.82, 2.24) is 0 Å². The topological polar surface area (TPSA) is 58.9 Å². The Balaban J connectivity index is 1.84. The Bertz CT molecular complexity index is 351. The number of hydrogen-bond acceptors (Lipinski definition) is 2. The predicted octanol–water partition coefficient (Wildman–Crippen LogP) is 3.37. The smallest absolute Gasteiger partial charge is 0.258 e. The van der Waals surface area contributed by atoms with Crippen LogP contribution in [0, 0.1) is 11.8 Å². The lowest BCUT2D eigenvalue weighted by Gasteiger charge is -2.17. The van der Waals surface area contributed by atoms with Crippen molar-refractivity contribution < 1.29 is 9.59 Å². The molecule has 0 saturated heterocycles. The van der Waals surface area contributed by atoms with E-state index in [0.29, 0.717) is 0 Å². The molecule has 19 heavy (non-hydrogen) atoms. The summed E-state index contributed by atoms with van der Waals surface area (Å²) in [6, 6.07) is 2.33. The summed E-state index contributed by atoms with van der Waals surface area (Å²) in [5.41, 5.74) is 0. The van der Waals surface area contributed by atoms with Gasteiger partial charge in [-0.25, -0.2) is 0 Å². The molecule has 0 aromatic carbocycles. The van der Waals surface area contributed by atoms with Gasteiger partial charge in [-0.05, 0) is 25.7 Å². The SMILES string of the molecule is O=C(N=C=NC(=O)C1CCCCC1)C1CCCCC1. The summed E-state index contributed by atoms with van der Waals surface area (Å²) in [5.74, 6) is -0.248. The van der Waals surface area contributed by atoms with Crippen LogP contribution in [0.15, 0.2) is 9.98 Å². The average molecular weight is 262 g/mol. The molecule has 4 nitrogen and oxygen atoms in total. The molecule has 0 bridgehead atoms. The zero-order valence-electron chi connectivity index (χ0n) is 11.4. The van der Waals surface area contributed by atoms with Crippen LogP contribution in [0.4, 0.5) is 0 Å². The minimum Gasteiger partial charge on any atom is -0.272 e. The molecule has 0 heterocycles. The van der Waals surface area contributed by atoms with E-state index in [0.717, 1.165) is 51.4 Å². The number of amides is 2. The van der Waals surface area contributed by atoms with Gasteiger partial charge in [0.05, 0.1) is 0 Å². The molecular weight excluding hydrogens is 240 g/mol. The van der Waals surface area contributed by atoms with Crippen molar-refractivity contribution in [3.05, 3.63) is 0 Å². The van der Waals surface area contributed by atoms with E-state index in [1.165, 1.54) is 12.8 Å². The largest absolute Gasteiger partial charge is 0.272 e. The van der Waals surface area contributed by atoms with E-state index in [-0.39, 0.29) is 23.7 Å². The van der Waals surface area contributed by atoms with E-state index < -0.39 is 0 Å². The summed E-state index contributed by atoms with van der Waals surface area (Å²) < 4.78 is 0. The Morgan fingerprint density at radius 3 is 1.42 bits per heavy atom. The normalized spacial score (nSPS) is 21.5. The van der Waals surface area contributed by atoms with Gasteiger partial charge in [-0.15, -0.1) is 9.98 Å². The maximum atomic E-state index is 11.8. The summed E-state index contributed by atoms with van der Waals surface area (Å²) in [4.78, 5) is 30.9. The quantitative estimate of drug-likeness (QED) is 0.716. The molecular formula is C15H22N2O2. The number of rotatable bonds is 2. The zero-order chi connectivity index (χ0) is 13.5. The van der Waals surface area contributed by atoms with E-state index in [1.54, 1.807) is 0 Å². The lowest BCUT2D eigenvalue weighted by Crippen LogP contribution is -2.16. The van der Waals surface area contributed by atoms with Gasteiger partial charge in [-0.1, -0.05) is 38.5 Å². The third-order valence-corrected chi connectivity index (χ3v) is 4.23. The number of nitrogens with zero attached hydrogens (tertiary/aromatic N) is 2. The second-order valence-corrected chi connectivity index (χ2v) is 5.67. The number of hydrogen-bond donors (Lipinski definition) is 0. The molecule has 2 amide bonds. The molecule has 2 aliphatic carbocycles. The van der Waals surface area contributed by atoms with Crippen LogP contribution in [-0.2, 0) is 9.59 Å². The molecule has 0 aromatic heterocycles. The van der Waals surface area contributed by atoms with Gasteiger partial charge in [0.25, 0.3) is 11.8 Å². The molecule has 4 heteroatoms. The summed E-state index contributed by atoms with van der Waals surface area (Å²) >= 11 is 0. The highest BCUT2D eigenvalue weighted by atomic mass is 16.2. The molecule has 0 aromatic rings. The fraction of sp³-hybridized carbons (Fsp3) is 0.800. The van der Waals surface area contributed by atoms with E-state index >= 15 is 0 Å². The van der Waals surface area contributed by atoms with E-state index in [4.69, 9.17) is 0 Å². The Labute approximate surface area is 114 Å². The van der Waals surface area contributed by atoms with Crippen LogP contribution in [0.2, 0.25) is 0 Å². The van der Waals surface area contributed by atoms with Crippen molar-refractivity contribution in [3.8, 4) is 0 Å². The van der Waals surface area contributed by atoms with Crippen LogP contribution in [0.3, 0.4) is 0 Å². The van der Waals surface area contributed by atoms with Gasteiger partial charge >= 0.3 is 0 Å². The minimum absolute atomic E-state index is 0.0289. The second kappa shape index (κ2) is 7.34. The lowest BCUT2D eigenvalue weighted by molar-refractivity contribution is -0.122. The van der Waals surface area contributed by atoms with E-state index in [1.807, 2.05) is 0 Å². The molecule has 0 atom stereocenters. The summed E-state index contributed by atoms with van der Waals surface area (Å²) in [6.45, 7) is 0. The molecule has 2 saturated carbocycles. The van der Waals surface area contributed by atoms with Gasteiger partial charge in [0.2, 0.25) is 0 Å². The first-order valence-corrected chi connectivity index (χ1v) is 7.51. The number of carbonyl (C=O) groups is 2. The van der Waals surface area contributed by atoms with Crippen LogP contribution < -0.4 is 0 Å². The molecule has 2 aliphatic rings. The lowest BCUT2D eigenvalue weighted by atomic mass is 9.89. The molecule has 104 valence electrons. The predicted molar refractivity (Wildman–Crippen MR) is 73.0 cm³/mol. The van der Waals surface area contributed by atoms with Crippen LogP contribution in [-0.4, -0.2) is 17.8 Å². The minimum atomic E-state index is -0.153. The number of aliphatic imine (C=N–C) groups is 2. The van der Waals surface area contributed by atoms with Crippen LogP contribution >= 0.6 is 0 Å². The maximum absolute atomic E-state index is 11.8. The van der Waals surface area contributed by atoms with Crippen molar-refractivity contribution in [1.29, 1.82) is 0 Å². The molecule has 2 fully saturated rings. The Morgan fingerprint density at radius 2 is 1.05 bits per heavy atom. The molecule has 0 radical (unpaired) electrons. The maximum Gasteiger partial charge on any atom is 0.258 e. The van der Waals surface area contributed by atoms with Crippen LogP contribution in [0.25, 0.3) is 0 Å². The van der Waals surface area contributed by atoms with E-state index in [9.17, 15) is 9.59 Å². The highest BCUT2D eigenvalue weighted by Gasteiger charge is 2.21. The van der Waals surface area contributed by atoms with Gasteiger partial charge < -0.3 is 0 Å². The fourth-order valence-corrected chi connectivity index (χ4v) is 3.01. The van der Waals surface area contributed by atoms with Crippen molar-refractivity contribution in [2.24, 2.45) is 21.8 Å². The second-order valence-electron chi connectivity index (χ2n) is 5.67. The summed E-state index contributed by atoms with van der Waals surface area (Å²) in [6.07, 6.45) is 10.5. The third kappa shape index (κ3) is 4.39. The zero-order valence-corrected chi connectivity index (χ0v) is 11.4. The molecule has 0 N–H and O–H groups in total. The van der Waals surface area contributed by atoms with Crippen molar-refractivity contribution >= 4 is 17.8 Å². The number of carbonyl (C=O) groups excluding carboxylic acids is 2. The van der Waals surface area contributed by atoms with Gasteiger partial charge in [0.1, 0.15) is 6.01 Å². The Morgan fingerprint density at radius 1 is 0.684 bits per heavy atom. The average Bonchev–Trinajstić information content (AvgIpc) is 2.49. The van der Waals surface area contributed by atoms with Crippen molar-refractivity contribution in [2.45, 2.75) is 64.2 Å². The first kappa shape index (κ1) is 14.1. The first-order chi connectivity index (χ1) is 9.27. The standard InChI is InChI=1S/C15H22N2O2/c18-14(12-7-3-1-4-8-12)16-11-17-15(19)13-9-5-2-6-10-13/h12-13H,1-10H2. The van der Waals surface area contributed by atoms with Crippen molar-refractivity contribution in [2.75, 3.05) is 0 Å². The van der Waals surface area contributed by atoms with Gasteiger partial charge in [0.15, 0.2) is 0 Å². The van der Waals surface area contributed by atoms with Gasteiger partial charge in [-0.2, -0.15) is 0 Å². The third-order valence-electron chi connectivity index (χ3n) is 4.23. The molecule has 0 spiro atoms. The van der Waals surface area contributed by atoms with Gasteiger partial charge in [-0.3, -0.25) is 9.59 Å². The van der Waals surface area contributed by atoms with Crippen molar-refractivity contribution in [3.63, 3.8) is 0 Å². The highest BCUT2D eigenvalue weighted by molar-refractivity contribution is 5.89. The highest BCUT2D eigenvalue weighted by Crippen LogP contribution is 2.25. The van der Waals surface area contributed by atoms with Crippen LogP contribution in [0.1, 0.15) is 64.2 Å². The molecule has 0 unspecified atom stereocenters. The first-order valence-electron chi connectivity index (χ1n) is 7.51. The van der Waals surface area contributed by atoms with Crippen LogP contribution in [0.5, 0.6) is 0 Å². The molecule has 2 rings (SSSR count). The van der Waals surface area contributed by atoms with E-state index in [2.05, 4.69) is 16.0 Å². The monoisotopic (exact) mass is 262 g/mol. The summed E-state index contributed by atoms with van der Waals surface area (Å²) in [7, 11) is 0.